The number of rotatable bonds is 9. The van der Waals surface area contributed by atoms with Gasteiger partial charge in [0.15, 0.2) is 0 Å². The van der Waals surface area contributed by atoms with Crippen molar-refractivity contribution in [3.8, 4) is 5.75 Å². The summed E-state index contributed by atoms with van der Waals surface area (Å²) in [7, 11) is 0. The van der Waals surface area contributed by atoms with Crippen LogP contribution in [0.4, 0.5) is 8.78 Å². The second-order valence-electron chi connectivity index (χ2n) is 9.40. The van der Waals surface area contributed by atoms with Crippen molar-refractivity contribution in [2.75, 3.05) is 26.3 Å². The lowest BCUT2D eigenvalue weighted by Gasteiger charge is -2.19. The second-order valence-corrected chi connectivity index (χ2v) is 9.81. The number of likely N-dealkylation sites (tertiary alicyclic amines) is 1. The fraction of sp³-hybridized carbons (Fsp3) is 0.300. The van der Waals surface area contributed by atoms with Crippen molar-refractivity contribution >= 4 is 33.7 Å². The molecule has 4 aromatic rings. The maximum Gasteiger partial charge on any atom is 0.123 e. The lowest BCUT2D eigenvalue weighted by molar-refractivity contribution is 0.198. The predicted molar refractivity (Wildman–Crippen MR) is 146 cm³/mol. The Bertz CT molecular complexity index is 1400. The molecule has 0 aliphatic carbocycles. The minimum atomic E-state index is -0.336. The first-order chi connectivity index (χ1) is 18.1. The van der Waals surface area contributed by atoms with Gasteiger partial charge in [-0.2, -0.15) is 5.10 Å². The molecule has 2 heterocycles. The van der Waals surface area contributed by atoms with Crippen molar-refractivity contribution in [2.24, 2.45) is 0 Å². The number of aromatic amines is 1. The molecule has 1 aromatic heterocycles. The number of ether oxygens (including phenoxy) is 1. The molecule has 3 aromatic carbocycles. The van der Waals surface area contributed by atoms with E-state index in [9.17, 15) is 8.78 Å². The fourth-order valence-corrected chi connectivity index (χ4v) is 5.32. The van der Waals surface area contributed by atoms with E-state index in [1.54, 1.807) is 12.3 Å². The monoisotopic (exact) mass is 521 g/mol. The number of alkyl halides is 1. The largest absolute Gasteiger partial charge is 0.489 e. The third kappa shape index (κ3) is 5.71. The smallest absolute Gasteiger partial charge is 0.123 e. The number of nitrogens with zero attached hydrogens (tertiary/aromatic N) is 2. The molecule has 0 bridgehead atoms. The molecule has 0 radical (unpaired) electrons. The van der Waals surface area contributed by atoms with Crippen LogP contribution in [0.3, 0.4) is 0 Å². The molecule has 1 fully saturated rings. The van der Waals surface area contributed by atoms with Crippen LogP contribution in [-0.2, 0) is 0 Å². The zero-order valence-electron chi connectivity index (χ0n) is 20.8. The average Bonchev–Trinajstić information content (AvgIpc) is 3.57. The van der Waals surface area contributed by atoms with Gasteiger partial charge in [0.2, 0.25) is 0 Å². The number of halogens is 3. The topological polar surface area (TPSA) is 41.1 Å². The third-order valence-electron chi connectivity index (χ3n) is 6.92. The molecule has 37 heavy (non-hydrogen) atoms. The molecule has 1 N–H and O–H groups in total. The quantitative estimate of drug-likeness (QED) is 0.231. The van der Waals surface area contributed by atoms with Gasteiger partial charge in [-0.25, -0.2) is 4.39 Å². The maximum absolute atomic E-state index is 14.4. The summed E-state index contributed by atoms with van der Waals surface area (Å²) >= 11 is 6.63. The predicted octanol–water partition coefficient (Wildman–Crippen LogP) is 7.54. The number of allylic oxidation sites excluding steroid dienone is 1. The number of fused-ring (bicyclic) bond motifs is 1. The van der Waals surface area contributed by atoms with Crippen LogP contribution in [0, 0.1) is 5.82 Å². The SMILES string of the molecule is CC/C(=C(\c1ccc2[nH]ncc2c1)c1cc(F)ccc1Cl)c1ccc(O[C@H]2CCN(CCCF)C2)cc1. The van der Waals surface area contributed by atoms with Gasteiger partial charge in [0.25, 0.3) is 0 Å². The Morgan fingerprint density at radius 3 is 2.70 bits per heavy atom. The highest BCUT2D eigenvalue weighted by Gasteiger charge is 2.23. The average molecular weight is 522 g/mol. The molecule has 0 spiro atoms. The molecule has 1 saturated heterocycles. The highest BCUT2D eigenvalue weighted by Crippen LogP contribution is 2.39. The first-order valence-corrected chi connectivity index (χ1v) is 13.1. The summed E-state index contributed by atoms with van der Waals surface area (Å²) in [4.78, 5) is 2.25. The Labute approximate surface area is 220 Å². The number of nitrogens with one attached hydrogen (secondary N) is 1. The Morgan fingerprint density at radius 2 is 1.92 bits per heavy atom. The first-order valence-electron chi connectivity index (χ1n) is 12.7. The van der Waals surface area contributed by atoms with Crippen molar-refractivity contribution in [1.82, 2.24) is 15.1 Å². The van der Waals surface area contributed by atoms with Gasteiger partial charge in [-0.1, -0.05) is 36.7 Å². The van der Waals surface area contributed by atoms with Crippen LogP contribution in [0.5, 0.6) is 5.75 Å². The molecule has 0 saturated carbocycles. The normalized spacial score (nSPS) is 16.8. The summed E-state index contributed by atoms with van der Waals surface area (Å²) in [5.74, 6) is 0.472. The summed E-state index contributed by atoms with van der Waals surface area (Å²) in [6.45, 7) is 4.34. The number of aromatic nitrogens is 2. The van der Waals surface area contributed by atoms with Crippen LogP contribution < -0.4 is 4.74 Å². The molecule has 1 aliphatic rings. The lowest BCUT2D eigenvalue weighted by Crippen LogP contribution is -2.26. The van der Waals surface area contributed by atoms with E-state index in [1.807, 2.05) is 36.4 Å². The van der Waals surface area contributed by atoms with E-state index in [1.165, 1.54) is 12.1 Å². The lowest BCUT2D eigenvalue weighted by atomic mass is 9.87. The van der Waals surface area contributed by atoms with Crippen LogP contribution in [0.25, 0.3) is 22.0 Å². The maximum atomic E-state index is 14.4. The molecule has 0 unspecified atom stereocenters. The third-order valence-corrected chi connectivity index (χ3v) is 7.25. The van der Waals surface area contributed by atoms with Gasteiger partial charge in [-0.3, -0.25) is 14.4 Å². The Balaban J connectivity index is 1.49. The van der Waals surface area contributed by atoms with Gasteiger partial charge in [0, 0.05) is 35.6 Å². The summed E-state index contributed by atoms with van der Waals surface area (Å²) in [5, 5.41) is 8.59. The van der Waals surface area contributed by atoms with E-state index in [0.29, 0.717) is 17.0 Å². The van der Waals surface area contributed by atoms with E-state index in [-0.39, 0.29) is 18.6 Å². The first kappa shape index (κ1) is 25.4. The van der Waals surface area contributed by atoms with Gasteiger partial charge in [-0.05, 0) is 84.0 Å². The zero-order valence-corrected chi connectivity index (χ0v) is 21.6. The summed E-state index contributed by atoms with van der Waals surface area (Å²) in [6, 6.07) is 18.6. The molecular weight excluding hydrogens is 492 g/mol. The number of H-pyrrole nitrogens is 1. The molecule has 4 nitrogen and oxygen atoms in total. The van der Waals surface area contributed by atoms with Crippen molar-refractivity contribution in [3.63, 3.8) is 0 Å². The van der Waals surface area contributed by atoms with Crippen LogP contribution in [0.2, 0.25) is 5.02 Å². The zero-order chi connectivity index (χ0) is 25.8. The van der Waals surface area contributed by atoms with Gasteiger partial charge >= 0.3 is 0 Å². The second kappa shape index (κ2) is 11.4. The van der Waals surface area contributed by atoms with Gasteiger partial charge < -0.3 is 4.74 Å². The minimum absolute atomic E-state index is 0.106. The highest BCUT2D eigenvalue weighted by atomic mass is 35.5. The van der Waals surface area contributed by atoms with Crippen LogP contribution >= 0.6 is 11.6 Å². The van der Waals surface area contributed by atoms with Crippen LogP contribution in [-0.4, -0.2) is 47.5 Å². The van der Waals surface area contributed by atoms with E-state index in [0.717, 1.165) is 71.4 Å². The Kier molecular flexibility index (Phi) is 7.87. The summed E-state index contributed by atoms with van der Waals surface area (Å²) in [6.07, 6.45) is 4.11. The number of benzene rings is 3. The molecule has 0 amide bonds. The summed E-state index contributed by atoms with van der Waals surface area (Å²) < 4.78 is 33.1. The van der Waals surface area contributed by atoms with Crippen molar-refractivity contribution in [2.45, 2.75) is 32.3 Å². The van der Waals surface area contributed by atoms with Crippen LogP contribution in [0.15, 0.2) is 66.9 Å². The standard InChI is InChI=1S/C30H30ClF2N3O/c1-2-26(20-4-8-24(9-5-20)37-25-12-15-36(19-25)14-3-13-32)30(27-17-23(33)7-10-28(27)31)21-6-11-29-22(16-21)18-34-35-29/h4-11,16-18,25H,2-3,12-15,19H2,1H3,(H,34,35)/b30-26-/t25-/m0/s1. The fourth-order valence-electron chi connectivity index (χ4n) is 5.11. The van der Waals surface area contributed by atoms with Crippen LogP contribution in [0.1, 0.15) is 42.9 Å². The molecular formula is C30H30ClF2N3O. The van der Waals surface area contributed by atoms with E-state index in [4.69, 9.17) is 16.3 Å². The molecule has 192 valence electrons. The Morgan fingerprint density at radius 1 is 1.11 bits per heavy atom. The van der Waals surface area contributed by atoms with Gasteiger partial charge in [0.05, 0.1) is 18.4 Å². The Hall–Kier alpha value is -3.22. The minimum Gasteiger partial charge on any atom is -0.489 e. The number of hydrogen-bond acceptors (Lipinski definition) is 3. The van der Waals surface area contributed by atoms with E-state index < -0.39 is 0 Å². The number of hydrogen-bond donors (Lipinski definition) is 1. The highest BCUT2D eigenvalue weighted by molar-refractivity contribution is 6.33. The molecule has 5 rings (SSSR count). The van der Waals surface area contributed by atoms with Crippen molar-refractivity contribution < 1.29 is 13.5 Å². The van der Waals surface area contributed by atoms with Crippen molar-refractivity contribution in [3.05, 3.63) is 94.4 Å². The van der Waals surface area contributed by atoms with Gasteiger partial charge in [0.1, 0.15) is 17.7 Å². The van der Waals surface area contributed by atoms with Gasteiger partial charge in [-0.15, -0.1) is 0 Å². The van der Waals surface area contributed by atoms with E-state index in [2.05, 4.69) is 28.1 Å². The summed E-state index contributed by atoms with van der Waals surface area (Å²) in [5.41, 5.74) is 5.50. The molecule has 7 heteroatoms. The molecule has 1 atom stereocenters. The van der Waals surface area contributed by atoms with E-state index >= 15 is 0 Å². The van der Waals surface area contributed by atoms with Crippen molar-refractivity contribution in [1.29, 1.82) is 0 Å². The molecule has 1 aliphatic heterocycles.